The molecule has 0 radical (unpaired) electrons. The monoisotopic (exact) mass is 546 g/mol. The van der Waals surface area contributed by atoms with Gasteiger partial charge in [0.1, 0.15) is 0 Å². The fourth-order valence-electron chi connectivity index (χ4n) is 3.47. The molecule has 1 saturated carbocycles. The Morgan fingerprint density at radius 2 is 1.79 bits per heavy atom. The number of nitrogens with zero attached hydrogens (tertiary/aromatic N) is 2. The van der Waals surface area contributed by atoms with Gasteiger partial charge in [-0.25, -0.2) is 8.42 Å². The number of hydrogen-bond donors (Lipinski definition) is 2. The lowest BCUT2D eigenvalue weighted by Crippen LogP contribution is -2.52. The zero-order chi connectivity index (χ0) is 20.4. The van der Waals surface area contributed by atoms with Crippen LogP contribution in [0, 0.1) is 0 Å². The molecule has 1 aromatic rings. The maximum absolute atomic E-state index is 12.7. The van der Waals surface area contributed by atoms with Gasteiger partial charge in [-0.2, -0.15) is 17.5 Å². The summed E-state index contributed by atoms with van der Waals surface area (Å²) in [4.78, 5) is 4.42. The Labute approximate surface area is 186 Å². The van der Waals surface area contributed by atoms with Crippen LogP contribution in [0.15, 0.2) is 35.3 Å². The average molecular weight is 546 g/mol. The number of alkyl halides is 3. The summed E-state index contributed by atoms with van der Waals surface area (Å²) in [6, 6.07) is 10.3. The molecule has 0 amide bonds. The van der Waals surface area contributed by atoms with Crippen molar-refractivity contribution in [3.8, 4) is 0 Å². The van der Waals surface area contributed by atoms with Gasteiger partial charge >= 0.3 is 15.5 Å². The van der Waals surface area contributed by atoms with E-state index in [-0.39, 0.29) is 49.1 Å². The van der Waals surface area contributed by atoms with Gasteiger partial charge in [0.15, 0.2) is 5.96 Å². The predicted octanol–water partition coefficient (Wildman–Crippen LogP) is 3.03. The number of benzene rings is 1. The number of aliphatic imine (C=N–C) groups is 1. The number of hydrogen-bond acceptors (Lipinski definition) is 3. The van der Waals surface area contributed by atoms with Crippen LogP contribution in [0.2, 0.25) is 0 Å². The van der Waals surface area contributed by atoms with Crippen molar-refractivity contribution in [2.75, 3.05) is 19.6 Å². The highest BCUT2D eigenvalue weighted by Crippen LogP contribution is 2.40. The Hall–Kier alpha value is -1.08. The van der Waals surface area contributed by atoms with E-state index in [9.17, 15) is 21.6 Å². The third-order valence-corrected chi connectivity index (χ3v) is 6.71. The normalized spacial score (nSPS) is 23.9. The molecule has 0 bridgehead atoms. The molecule has 2 unspecified atom stereocenters. The second-order valence-corrected chi connectivity index (χ2v) is 9.02. The summed E-state index contributed by atoms with van der Waals surface area (Å²) in [5.41, 5.74) is -3.98. The minimum atomic E-state index is -5.25. The molecule has 2 fully saturated rings. The van der Waals surface area contributed by atoms with Crippen molar-refractivity contribution in [3.05, 3.63) is 35.9 Å². The van der Waals surface area contributed by atoms with Crippen LogP contribution in [0.1, 0.15) is 37.7 Å². The molecule has 1 aliphatic carbocycles. The fraction of sp³-hybridized carbons (Fsp3) is 0.611. The molecule has 1 aliphatic heterocycles. The molecule has 0 spiro atoms. The SMILES string of the molecule is CCN=C(NC1CCN(S(=O)(=O)C(F)(F)F)CC1)NC1CC1c1ccccc1.I. The molecule has 1 heterocycles. The molecule has 164 valence electrons. The van der Waals surface area contributed by atoms with Crippen molar-refractivity contribution in [3.63, 3.8) is 0 Å². The molecule has 3 rings (SSSR count). The molecule has 1 saturated heterocycles. The number of guanidine groups is 1. The highest BCUT2D eigenvalue weighted by molar-refractivity contribution is 14.0. The topological polar surface area (TPSA) is 73.8 Å². The maximum Gasteiger partial charge on any atom is 0.511 e. The predicted molar refractivity (Wildman–Crippen MR) is 117 cm³/mol. The van der Waals surface area contributed by atoms with Crippen molar-refractivity contribution in [1.82, 2.24) is 14.9 Å². The first-order chi connectivity index (χ1) is 13.2. The van der Waals surface area contributed by atoms with Crippen molar-refractivity contribution >= 4 is 40.0 Å². The maximum atomic E-state index is 12.7. The van der Waals surface area contributed by atoms with Crippen LogP contribution in [0.3, 0.4) is 0 Å². The van der Waals surface area contributed by atoms with Crippen LogP contribution in [0.5, 0.6) is 0 Å². The largest absolute Gasteiger partial charge is 0.511 e. The van der Waals surface area contributed by atoms with Gasteiger partial charge in [0.25, 0.3) is 0 Å². The molecule has 2 atom stereocenters. The summed E-state index contributed by atoms with van der Waals surface area (Å²) < 4.78 is 61.6. The first-order valence-corrected chi connectivity index (χ1v) is 10.8. The van der Waals surface area contributed by atoms with Crippen LogP contribution in [0.25, 0.3) is 0 Å². The van der Waals surface area contributed by atoms with Gasteiger partial charge in [0.2, 0.25) is 0 Å². The van der Waals surface area contributed by atoms with Crippen molar-refractivity contribution in [2.24, 2.45) is 4.99 Å². The van der Waals surface area contributed by atoms with E-state index in [2.05, 4.69) is 27.8 Å². The summed E-state index contributed by atoms with van der Waals surface area (Å²) in [6.45, 7) is 2.16. The van der Waals surface area contributed by atoms with Gasteiger partial charge in [-0.1, -0.05) is 30.3 Å². The van der Waals surface area contributed by atoms with E-state index in [1.807, 2.05) is 25.1 Å². The zero-order valence-corrected chi connectivity index (χ0v) is 19.2. The van der Waals surface area contributed by atoms with Crippen LogP contribution >= 0.6 is 24.0 Å². The molecular weight excluding hydrogens is 520 g/mol. The van der Waals surface area contributed by atoms with E-state index in [0.29, 0.717) is 35.6 Å². The summed E-state index contributed by atoms with van der Waals surface area (Å²) in [7, 11) is -5.25. The highest BCUT2D eigenvalue weighted by atomic mass is 127. The lowest BCUT2D eigenvalue weighted by molar-refractivity contribution is -0.0494. The molecule has 11 heteroatoms. The second kappa shape index (κ2) is 9.82. The van der Waals surface area contributed by atoms with Gasteiger partial charge in [-0.15, -0.1) is 24.0 Å². The molecule has 6 nitrogen and oxygen atoms in total. The minimum absolute atomic E-state index is 0. The van der Waals surface area contributed by atoms with E-state index in [0.717, 1.165) is 6.42 Å². The smallest absolute Gasteiger partial charge is 0.354 e. The molecule has 1 aromatic carbocycles. The Bertz CT molecular complexity index is 797. The third kappa shape index (κ3) is 5.97. The number of sulfonamides is 1. The third-order valence-electron chi connectivity index (χ3n) is 5.08. The molecule has 29 heavy (non-hydrogen) atoms. The number of rotatable bonds is 5. The molecule has 2 aliphatic rings. The van der Waals surface area contributed by atoms with Crippen molar-refractivity contribution < 1.29 is 21.6 Å². The minimum Gasteiger partial charge on any atom is -0.354 e. The van der Waals surface area contributed by atoms with Gasteiger partial charge in [-0.05, 0) is 31.7 Å². The Morgan fingerprint density at radius 1 is 1.17 bits per heavy atom. The van der Waals surface area contributed by atoms with Gasteiger partial charge < -0.3 is 10.6 Å². The van der Waals surface area contributed by atoms with E-state index in [4.69, 9.17) is 0 Å². The van der Waals surface area contributed by atoms with Crippen LogP contribution < -0.4 is 10.6 Å². The standard InChI is InChI=1S/C18H25F3N4O2S.HI/c1-2-22-17(24-16-12-15(16)13-6-4-3-5-7-13)23-14-8-10-25(11-9-14)28(26,27)18(19,20)21;/h3-7,14-16H,2,8-12H2,1H3,(H2,22,23,24);1H. The first-order valence-electron chi connectivity index (χ1n) is 9.41. The Morgan fingerprint density at radius 3 is 2.34 bits per heavy atom. The van der Waals surface area contributed by atoms with Crippen LogP contribution in [-0.2, 0) is 10.0 Å². The first kappa shape index (κ1) is 24.2. The number of piperidine rings is 1. The Balaban J connectivity index is 0.00000300. The summed E-state index contributed by atoms with van der Waals surface area (Å²) in [5, 5.41) is 6.63. The van der Waals surface area contributed by atoms with E-state index < -0.39 is 15.5 Å². The molecular formula is C18H26F3IN4O2S. The van der Waals surface area contributed by atoms with Gasteiger partial charge in [0.05, 0.1) is 0 Å². The van der Waals surface area contributed by atoms with Crippen LogP contribution in [0.4, 0.5) is 13.2 Å². The van der Waals surface area contributed by atoms with Gasteiger partial charge in [0, 0.05) is 37.6 Å². The van der Waals surface area contributed by atoms with Crippen LogP contribution in [-0.4, -0.2) is 55.9 Å². The zero-order valence-electron chi connectivity index (χ0n) is 16.0. The second-order valence-electron chi connectivity index (χ2n) is 7.10. The van der Waals surface area contributed by atoms with E-state index in [1.165, 1.54) is 5.56 Å². The lowest BCUT2D eigenvalue weighted by Gasteiger charge is -2.32. The fourth-order valence-corrected chi connectivity index (χ4v) is 4.45. The molecule has 2 N–H and O–H groups in total. The summed E-state index contributed by atoms with van der Waals surface area (Å²) >= 11 is 0. The summed E-state index contributed by atoms with van der Waals surface area (Å²) in [5.74, 6) is 1.05. The van der Waals surface area contributed by atoms with Crippen molar-refractivity contribution in [2.45, 2.75) is 49.7 Å². The quantitative estimate of drug-likeness (QED) is 0.339. The van der Waals surface area contributed by atoms with Gasteiger partial charge in [-0.3, -0.25) is 4.99 Å². The lowest BCUT2D eigenvalue weighted by atomic mass is 10.1. The van der Waals surface area contributed by atoms with E-state index in [1.54, 1.807) is 0 Å². The average Bonchev–Trinajstić information content (AvgIpc) is 3.41. The number of halogens is 4. The molecule has 0 aromatic heterocycles. The summed E-state index contributed by atoms with van der Waals surface area (Å²) in [6.07, 6.45) is 1.59. The van der Waals surface area contributed by atoms with Crippen molar-refractivity contribution in [1.29, 1.82) is 0 Å². The highest BCUT2D eigenvalue weighted by Gasteiger charge is 2.50. The number of nitrogens with one attached hydrogen (secondary N) is 2. The van der Waals surface area contributed by atoms with E-state index >= 15 is 0 Å². The Kier molecular flexibility index (Phi) is 8.19.